The molecule has 0 N–H and O–H groups in total. The van der Waals surface area contributed by atoms with Gasteiger partial charge in [-0.05, 0) is 49.2 Å². The number of anilines is 1. The number of hydrogen-bond donors (Lipinski definition) is 0. The molecule has 0 bridgehead atoms. The Balaban J connectivity index is 1.28. The summed E-state index contributed by atoms with van der Waals surface area (Å²) < 4.78 is 20.2. The van der Waals surface area contributed by atoms with Crippen LogP contribution in [0.2, 0.25) is 10.0 Å². The molecule has 2 saturated heterocycles. The molecule has 9 heteroatoms. The van der Waals surface area contributed by atoms with Crippen LogP contribution in [0, 0.1) is 0 Å². The van der Waals surface area contributed by atoms with Crippen LogP contribution in [0.15, 0.2) is 55.1 Å². The second-order valence-corrected chi connectivity index (χ2v) is 8.86. The summed E-state index contributed by atoms with van der Waals surface area (Å²) in [5, 5.41) is 5.21. The molecular weight excluding hydrogens is 451 g/mol. The Bertz CT molecular complexity index is 1040. The number of rotatable bonds is 7. The summed E-state index contributed by atoms with van der Waals surface area (Å²) >= 11 is 12.6. The third-order valence-electron chi connectivity index (χ3n) is 5.78. The molecule has 7 nitrogen and oxygen atoms in total. The van der Waals surface area contributed by atoms with E-state index in [1.54, 1.807) is 23.1 Å². The first kappa shape index (κ1) is 21.5. The van der Waals surface area contributed by atoms with Gasteiger partial charge in [-0.25, -0.2) is 9.67 Å². The first-order valence-electron chi connectivity index (χ1n) is 10.7. The minimum atomic E-state index is -1.11. The van der Waals surface area contributed by atoms with E-state index in [2.05, 4.69) is 27.1 Å². The number of benzene rings is 2. The fourth-order valence-corrected chi connectivity index (χ4v) is 4.75. The Morgan fingerprint density at radius 1 is 1.09 bits per heavy atom. The highest BCUT2D eigenvalue weighted by Crippen LogP contribution is 2.40. The van der Waals surface area contributed by atoms with Gasteiger partial charge in [-0.2, -0.15) is 5.10 Å². The standard InChI is InChI=1S/C23H24Cl2N4O3/c24-17-3-8-21(22(25)11-17)23(14-29-16-26-15-27-29)31-13-20(32-23)12-30-19-6-4-18(5-7-19)28-9-1-2-10-28/h3-8,11,15-16,20H,1-2,9-10,12-14H2. The molecule has 0 radical (unpaired) electrons. The lowest BCUT2D eigenvalue weighted by molar-refractivity contribution is -0.190. The van der Waals surface area contributed by atoms with Crippen LogP contribution in [0.5, 0.6) is 5.75 Å². The Labute approximate surface area is 196 Å². The summed E-state index contributed by atoms with van der Waals surface area (Å²) in [4.78, 5) is 6.41. The van der Waals surface area contributed by atoms with Crippen molar-refractivity contribution in [1.82, 2.24) is 14.8 Å². The molecule has 2 fully saturated rings. The Morgan fingerprint density at radius 2 is 1.91 bits per heavy atom. The smallest absolute Gasteiger partial charge is 0.217 e. The van der Waals surface area contributed by atoms with E-state index in [1.807, 2.05) is 18.2 Å². The zero-order valence-electron chi connectivity index (χ0n) is 17.5. The van der Waals surface area contributed by atoms with Crippen LogP contribution < -0.4 is 9.64 Å². The molecule has 2 aliphatic rings. The van der Waals surface area contributed by atoms with Crippen LogP contribution in [-0.2, 0) is 21.8 Å². The lowest BCUT2D eigenvalue weighted by atomic mass is 10.1. The predicted octanol–water partition coefficient (Wildman–Crippen LogP) is 4.53. The summed E-state index contributed by atoms with van der Waals surface area (Å²) in [6.07, 6.45) is 5.32. The Hall–Kier alpha value is -2.32. The van der Waals surface area contributed by atoms with Crippen LogP contribution in [0.3, 0.4) is 0 Å². The minimum Gasteiger partial charge on any atom is -0.491 e. The van der Waals surface area contributed by atoms with Gasteiger partial charge in [0.15, 0.2) is 0 Å². The van der Waals surface area contributed by atoms with E-state index in [0.717, 1.165) is 18.8 Å². The summed E-state index contributed by atoms with van der Waals surface area (Å²) in [7, 11) is 0. The largest absolute Gasteiger partial charge is 0.491 e. The van der Waals surface area contributed by atoms with Crippen LogP contribution in [-0.4, -0.2) is 47.2 Å². The highest BCUT2D eigenvalue weighted by molar-refractivity contribution is 6.35. The second kappa shape index (κ2) is 9.27. The number of ether oxygens (including phenoxy) is 3. The van der Waals surface area contributed by atoms with Gasteiger partial charge >= 0.3 is 0 Å². The van der Waals surface area contributed by atoms with Crippen LogP contribution in [0.25, 0.3) is 0 Å². The SMILES string of the molecule is Clc1ccc(C2(Cn3cncn3)OCC(COc3ccc(N4CCCC4)cc3)O2)c(Cl)c1. The molecule has 2 atom stereocenters. The van der Waals surface area contributed by atoms with E-state index >= 15 is 0 Å². The topological polar surface area (TPSA) is 61.6 Å². The van der Waals surface area contributed by atoms with Crippen molar-refractivity contribution < 1.29 is 14.2 Å². The Kier molecular flexibility index (Phi) is 6.24. The van der Waals surface area contributed by atoms with Crippen molar-refractivity contribution in [2.45, 2.75) is 31.3 Å². The molecule has 5 rings (SSSR count). The normalized spacial score (nSPS) is 23.1. The molecular formula is C23H24Cl2N4O3. The zero-order valence-corrected chi connectivity index (χ0v) is 19.0. The Morgan fingerprint density at radius 3 is 2.62 bits per heavy atom. The molecule has 32 heavy (non-hydrogen) atoms. The van der Waals surface area contributed by atoms with Gasteiger partial charge in [-0.1, -0.05) is 29.3 Å². The first-order valence-corrected chi connectivity index (χ1v) is 11.4. The minimum absolute atomic E-state index is 0.275. The number of nitrogens with zero attached hydrogens (tertiary/aromatic N) is 4. The number of hydrogen-bond acceptors (Lipinski definition) is 6. The van der Waals surface area contributed by atoms with Crippen molar-refractivity contribution in [2.75, 3.05) is 31.2 Å². The van der Waals surface area contributed by atoms with Gasteiger partial charge in [0.05, 0.1) is 11.6 Å². The average Bonchev–Trinajstić information content (AvgIpc) is 3.56. The van der Waals surface area contributed by atoms with E-state index in [0.29, 0.717) is 35.4 Å². The summed E-state index contributed by atoms with van der Waals surface area (Å²) in [5.41, 5.74) is 1.93. The van der Waals surface area contributed by atoms with Gasteiger partial charge < -0.3 is 19.1 Å². The monoisotopic (exact) mass is 474 g/mol. The fourth-order valence-electron chi connectivity index (χ4n) is 4.20. The predicted molar refractivity (Wildman–Crippen MR) is 122 cm³/mol. The molecule has 2 aromatic carbocycles. The maximum atomic E-state index is 6.50. The van der Waals surface area contributed by atoms with Crippen molar-refractivity contribution in [3.8, 4) is 5.75 Å². The van der Waals surface area contributed by atoms with Gasteiger partial charge in [-0.3, -0.25) is 0 Å². The first-order chi connectivity index (χ1) is 15.6. The highest BCUT2D eigenvalue weighted by Gasteiger charge is 2.45. The lowest BCUT2D eigenvalue weighted by Crippen LogP contribution is -2.35. The molecule has 2 aliphatic heterocycles. The third kappa shape index (κ3) is 4.57. The van der Waals surface area contributed by atoms with E-state index in [-0.39, 0.29) is 6.10 Å². The molecule has 0 amide bonds. The van der Waals surface area contributed by atoms with E-state index in [1.165, 1.54) is 24.9 Å². The second-order valence-electron chi connectivity index (χ2n) is 8.02. The molecule has 2 unspecified atom stereocenters. The van der Waals surface area contributed by atoms with E-state index < -0.39 is 5.79 Å². The van der Waals surface area contributed by atoms with E-state index in [9.17, 15) is 0 Å². The van der Waals surface area contributed by atoms with Crippen molar-refractivity contribution in [2.24, 2.45) is 0 Å². The van der Waals surface area contributed by atoms with Gasteiger partial charge in [0.2, 0.25) is 5.79 Å². The molecule has 3 aromatic rings. The number of aromatic nitrogens is 3. The van der Waals surface area contributed by atoms with Crippen LogP contribution >= 0.6 is 23.2 Å². The molecule has 3 heterocycles. The van der Waals surface area contributed by atoms with Crippen LogP contribution in [0.1, 0.15) is 18.4 Å². The van der Waals surface area contributed by atoms with Gasteiger partial charge in [-0.15, -0.1) is 0 Å². The van der Waals surface area contributed by atoms with Crippen molar-refractivity contribution in [3.05, 3.63) is 70.7 Å². The fraction of sp³-hybridized carbons (Fsp3) is 0.391. The third-order valence-corrected chi connectivity index (χ3v) is 6.33. The molecule has 168 valence electrons. The van der Waals surface area contributed by atoms with Gasteiger partial charge in [0, 0.05) is 29.4 Å². The molecule has 0 aliphatic carbocycles. The summed E-state index contributed by atoms with van der Waals surface area (Å²) in [6.45, 7) is 3.26. The highest BCUT2D eigenvalue weighted by atomic mass is 35.5. The molecule has 0 spiro atoms. The van der Waals surface area contributed by atoms with Crippen molar-refractivity contribution in [1.29, 1.82) is 0 Å². The van der Waals surface area contributed by atoms with Gasteiger partial charge in [0.1, 0.15) is 37.7 Å². The maximum Gasteiger partial charge on any atom is 0.217 e. The maximum absolute atomic E-state index is 6.50. The van der Waals surface area contributed by atoms with E-state index in [4.69, 9.17) is 37.4 Å². The number of halogens is 2. The zero-order chi connectivity index (χ0) is 22.0. The quantitative estimate of drug-likeness (QED) is 0.501. The summed E-state index contributed by atoms with van der Waals surface area (Å²) in [5.74, 6) is -0.307. The summed E-state index contributed by atoms with van der Waals surface area (Å²) in [6, 6.07) is 13.5. The van der Waals surface area contributed by atoms with Crippen LogP contribution in [0.4, 0.5) is 5.69 Å². The van der Waals surface area contributed by atoms with Gasteiger partial charge in [0.25, 0.3) is 0 Å². The van der Waals surface area contributed by atoms with Crippen molar-refractivity contribution in [3.63, 3.8) is 0 Å². The molecule has 0 saturated carbocycles. The molecule has 1 aromatic heterocycles. The average molecular weight is 475 g/mol. The lowest BCUT2D eigenvalue weighted by Gasteiger charge is -2.29. The van der Waals surface area contributed by atoms with Crippen molar-refractivity contribution >= 4 is 28.9 Å².